The van der Waals surface area contributed by atoms with E-state index in [0.717, 1.165) is 18.9 Å². The molecule has 22 heavy (non-hydrogen) atoms. The predicted molar refractivity (Wildman–Crippen MR) is 74.7 cm³/mol. The van der Waals surface area contributed by atoms with Gasteiger partial charge < -0.3 is 5.32 Å². The summed E-state index contributed by atoms with van der Waals surface area (Å²) in [5.41, 5.74) is -0.489. The van der Waals surface area contributed by atoms with Gasteiger partial charge >= 0.3 is 6.18 Å². The average molecular weight is 330 g/mol. The molecule has 118 valence electrons. The predicted octanol–water partition coefficient (Wildman–Crippen LogP) is 3.44. The number of carbonyl (C=O) groups excluding carboxylic acids is 1. The second-order valence-corrected chi connectivity index (χ2v) is 6.07. The number of amides is 1. The fourth-order valence-electron chi connectivity index (χ4n) is 2.15. The van der Waals surface area contributed by atoms with Crippen LogP contribution in [-0.2, 0) is 11.0 Å². The van der Waals surface area contributed by atoms with Gasteiger partial charge in [-0.1, -0.05) is 0 Å². The molecule has 0 aliphatic heterocycles. The van der Waals surface area contributed by atoms with Crippen LogP contribution in [0.3, 0.4) is 0 Å². The Balaban J connectivity index is 1.86. The lowest BCUT2D eigenvalue weighted by molar-refractivity contribution is -0.141. The van der Waals surface area contributed by atoms with E-state index in [9.17, 15) is 18.0 Å². The van der Waals surface area contributed by atoms with Gasteiger partial charge in [0.15, 0.2) is 10.8 Å². The van der Waals surface area contributed by atoms with Gasteiger partial charge in [0.2, 0.25) is 0 Å². The molecule has 5 nitrogen and oxygen atoms in total. The molecule has 0 unspecified atom stereocenters. The molecule has 1 aliphatic carbocycles. The van der Waals surface area contributed by atoms with Crippen LogP contribution in [0.1, 0.15) is 43.1 Å². The zero-order valence-electron chi connectivity index (χ0n) is 11.6. The number of alkyl halides is 3. The average Bonchev–Trinajstić information content (AvgIpc) is 2.99. The third-order valence-electron chi connectivity index (χ3n) is 3.46. The van der Waals surface area contributed by atoms with Crippen molar-refractivity contribution in [2.75, 3.05) is 5.32 Å². The number of hydrogen-bond donors (Lipinski definition) is 1. The monoisotopic (exact) mass is 330 g/mol. The molecule has 1 amide bonds. The van der Waals surface area contributed by atoms with Crippen molar-refractivity contribution in [3.8, 4) is 0 Å². The summed E-state index contributed by atoms with van der Waals surface area (Å²) in [5.74, 6) is -0.382. The van der Waals surface area contributed by atoms with E-state index >= 15 is 0 Å². The van der Waals surface area contributed by atoms with Crippen LogP contribution < -0.4 is 5.32 Å². The summed E-state index contributed by atoms with van der Waals surface area (Å²) >= 11 is 1.24. The Morgan fingerprint density at radius 1 is 1.50 bits per heavy atom. The first-order valence-electron chi connectivity index (χ1n) is 6.73. The lowest BCUT2D eigenvalue weighted by Crippen LogP contribution is -2.26. The number of nitrogens with zero attached hydrogens (tertiary/aromatic N) is 3. The molecule has 1 atom stereocenters. The fourth-order valence-corrected chi connectivity index (χ4v) is 2.68. The van der Waals surface area contributed by atoms with Crippen LogP contribution in [0.15, 0.2) is 17.6 Å². The summed E-state index contributed by atoms with van der Waals surface area (Å²) in [5, 5.41) is 8.30. The molecule has 1 N–H and O–H groups in total. The Hall–Kier alpha value is -1.90. The number of halogens is 3. The van der Waals surface area contributed by atoms with E-state index in [0.29, 0.717) is 10.8 Å². The highest BCUT2D eigenvalue weighted by molar-refractivity contribution is 7.13. The lowest BCUT2D eigenvalue weighted by Gasteiger charge is -2.14. The van der Waals surface area contributed by atoms with Gasteiger partial charge in [-0.25, -0.2) is 4.98 Å². The molecular weight excluding hydrogens is 317 g/mol. The first kappa shape index (κ1) is 15.0. The van der Waals surface area contributed by atoms with Crippen molar-refractivity contribution in [3.05, 3.63) is 29.0 Å². The summed E-state index contributed by atoms with van der Waals surface area (Å²) in [7, 11) is 0. The third kappa shape index (κ3) is 2.99. The van der Waals surface area contributed by atoms with Crippen molar-refractivity contribution in [3.63, 3.8) is 0 Å². The number of hydrogen-bond acceptors (Lipinski definition) is 4. The summed E-state index contributed by atoms with van der Waals surface area (Å²) in [6.07, 6.45) is -1.33. The van der Waals surface area contributed by atoms with Crippen molar-refractivity contribution in [2.45, 2.75) is 37.9 Å². The highest BCUT2D eigenvalue weighted by Crippen LogP contribution is 2.43. The molecule has 2 aromatic heterocycles. The quantitative estimate of drug-likeness (QED) is 0.934. The van der Waals surface area contributed by atoms with Gasteiger partial charge in [-0.3, -0.25) is 9.48 Å². The first-order chi connectivity index (χ1) is 10.4. The van der Waals surface area contributed by atoms with Gasteiger partial charge in [-0.05, 0) is 25.8 Å². The molecule has 9 heteroatoms. The molecule has 0 aromatic carbocycles. The Morgan fingerprint density at radius 3 is 2.77 bits per heavy atom. The molecule has 1 saturated carbocycles. The standard InChI is InChI=1S/C13H13F3N4OS/c1-7(11(21)18-12-17-4-5-22-12)20-9(8-2-3-8)6-10(19-20)13(14,15)16/h4-8H,2-3H2,1H3,(H,17,18,21)/t7-/m1/s1. The van der Waals surface area contributed by atoms with E-state index < -0.39 is 23.8 Å². The zero-order valence-corrected chi connectivity index (χ0v) is 12.4. The van der Waals surface area contributed by atoms with Crippen LogP contribution >= 0.6 is 11.3 Å². The van der Waals surface area contributed by atoms with Gasteiger partial charge in [-0.2, -0.15) is 18.3 Å². The molecule has 0 bridgehead atoms. The smallest absolute Gasteiger partial charge is 0.300 e. The summed E-state index contributed by atoms with van der Waals surface area (Å²) in [4.78, 5) is 16.1. The SMILES string of the molecule is C[C@H](C(=O)Nc1nccs1)n1nc(C(F)(F)F)cc1C1CC1. The van der Waals surface area contributed by atoms with Gasteiger partial charge in [0.1, 0.15) is 6.04 Å². The largest absolute Gasteiger partial charge is 0.435 e. The summed E-state index contributed by atoms with van der Waals surface area (Å²) in [6.45, 7) is 1.53. The molecule has 1 fully saturated rings. The van der Waals surface area contributed by atoms with Gasteiger partial charge in [0.25, 0.3) is 5.91 Å². The molecule has 0 saturated heterocycles. The summed E-state index contributed by atoms with van der Waals surface area (Å²) < 4.78 is 39.7. The van der Waals surface area contributed by atoms with Crippen molar-refractivity contribution in [1.29, 1.82) is 0 Å². The molecule has 0 spiro atoms. The minimum atomic E-state index is -4.51. The van der Waals surface area contributed by atoms with E-state index in [4.69, 9.17) is 0 Å². The fraction of sp³-hybridized carbons (Fsp3) is 0.462. The number of thiazole rings is 1. The minimum absolute atomic E-state index is 0.0544. The van der Waals surface area contributed by atoms with Crippen molar-refractivity contribution in [1.82, 2.24) is 14.8 Å². The molecule has 2 heterocycles. The van der Waals surface area contributed by atoms with Crippen LogP contribution in [0.4, 0.5) is 18.3 Å². The van der Waals surface area contributed by atoms with Gasteiger partial charge in [0.05, 0.1) is 0 Å². The maximum Gasteiger partial charge on any atom is 0.435 e. The minimum Gasteiger partial charge on any atom is -0.300 e. The van der Waals surface area contributed by atoms with Gasteiger partial charge in [0, 0.05) is 23.2 Å². The van der Waals surface area contributed by atoms with Crippen LogP contribution in [0, 0.1) is 0 Å². The zero-order chi connectivity index (χ0) is 15.9. The highest BCUT2D eigenvalue weighted by atomic mass is 32.1. The van der Waals surface area contributed by atoms with Gasteiger partial charge in [-0.15, -0.1) is 11.3 Å². The Labute approximate surface area is 128 Å². The summed E-state index contributed by atoms with van der Waals surface area (Å²) in [6, 6.07) is 0.209. The highest BCUT2D eigenvalue weighted by Gasteiger charge is 2.39. The van der Waals surface area contributed by atoms with Crippen molar-refractivity contribution >= 4 is 22.4 Å². The maximum atomic E-state index is 12.9. The van der Waals surface area contributed by atoms with Crippen LogP contribution in [-0.4, -0.2) is 20.7 Å². The van der Waals surface area contributed by atoms with E-state index in [1.807, 2.05) is 0 Å². The number of carbonyl (C=O) groups is 1. The van der Waals surface area contributed by atoms with E-state index in [1.165, 1.54) is 29.1 Å². The molecule has 0 radical (unpaired) electrons. The second kappa shape index (κ2) is 5.38. The van der Waals surface area contributed by atoms with Crippen LogP contribution in [0.2, 0.25) is 0 Å². The normalized spacial score (nSPS) is 16.5. The number of nitrogens with one attached hydrogen (secondary N) is 1. The maximum absolute atomic E-state index is 12.9. The molecule has 3 rings (SSSR count). The second-order valence-electron chi connectivity index (χ2n) is 5.17. The van der Waals surface area contributed by atoms with Crippen LogP contribution in [0.5, 0.6) is 0 Å². The Morgan fingerprint density at radius 2 is 2.23 bits per heavy atom. The topological polar surface area (TPSA) is 59.8 Å². The number of aromatic nitrogens is 3. The lowest BCUT2D eigenvalue weighted by atomic mass is 10.2. The Bertz CT molecular complexity index is 676. The third-order valence-corrected chi connectivity index (χ3v) is 4.15. The first-order valence-corrected chi connectivity index (χ1v) is 7.61. The molecular formula is C13H13F3N4OS. The van der Waals surface area contributed by atoms with Crippen LogP contribution in [0.25, 0.3) is 0 Å². The van der Waals surface area contributed by atoms with E-state index in [2.05, 4.69) is 15.4 Å². The van der Waals surface area contributed by atoms with Crippen molar-refractivity contribution < 1.29 is 18.0 Å². The number of anilines is 1. The molecule has 1 aliphatic rings. The number of rotatable bonds is 4. The van der Waals surface area contributed by atoms with E-state index in [1.54, 1.807) is 5.38 Å². The van der Waals surface area contributed by atoms with Crippen molar-refractivity contribution in [2.24, 2.45) is 0 Å². The molecule has 2 aromatic rings. The van der Waals surface area contributed by atoms with E-state index in [-0.39, 0.29) is 5.92 Å². The Kier molecular flexibility index (Phi) is 3.67.